The maximum Gasteiger partial charge on any atom is 0.160 e. The van der Waals surface area contributed by atoms with E-state index in [0.29, 0.717) is 40.1 Å². The van der Waals surface area contributed by atoms with Gasteiger partial charge in [0, 0.05) is 23.6 Å². The Morgan fingerprint density at radius 2 is 1.50 bits per heavy atom. The molecule has 0 spiro atoms. The number of aromatic hydroxyl groups is 1. The van der Waals surface area contributed by atoms with Crippen LogP contribution in [0.3, 0.4) is 0 Å². The number of rotatable bonds is 9. The predicted molar refractivity (Wildman–Crippen MR) is 102 cm³/mol. The predicted octanol–water partition coefficient (Wildman–Crippen LogP) is 3.39. The molecule has 1 atom stereocenters. The number of aliphatic hydroxyl groups excluding tert-OH is 1. The Hall–Kier alpha value is -2.25. The summed E-state index contributed by atoms with van der Waals surface area (Å²) in [6, 6.07) is 8.69. The normalized spacial score (nSPS) is 11.7. The van der Waals surface area contributed by atoms with Crippen LogP contribution in [-0.4, -0.2) is 44.4 Å². The average Bonchev–Trinajstić information content (AvgIpc) is 2.66. The second kappa shape index (κ2) is 9.45. The molecule has 0 saturated carbocycles. The highest BCUT2D eigenvalue weighted by Gasteiger charge is 2.21. The molecule has 0 aromatic heterocycles. The van der Waals surface area contributed by atoms with E-state index < -0.39 is 6.10 Å². The quantitative estimate of drug-likeness (QED) is 0.690. The van der Waals surface area contributed by atoms with Crippen molar-refractivity contribution < 1.29 is 29.2 Å². The number of ether oxygens (including phenoxy) is 4. The molecule has 1 unspecified atom stereocenters. The number of hydrogen-bond donors (Lipinski definition) is 2. The van der Waals surface area contributed by atoms with Crippen molar-refractivity contribution in [2.45, 2.75) is 11.9 Å². The van der Waals surface area contributed by atoms with Crippen LogP contribution in [0, 0.1) is 0 Å². The topological polar surface area (TPSA) is 77.4 Å². The van der Waals surface area contributed by atoms with E-state index in [0.717, 1.165) is 5.56 Å². The molecule has 2 rings (SSSR count). The Labute approximate surface area is 157 Å². The van der Waals surface area contributed by atoms with Crippen molar-refractivity contribution in [1.82, 2.24) is 0 Å². The molecule has 0 bridgehead atoms. The number of methoxy groups -OCH3 is 4. The summed E-state index contributed by atoms with van der Waals surface area (Å²) >= 11 is 1.54. The van der Waals surface area contributed by atoms with Gasteiger partial charge >= 0.3 is 0 Å². The monoisotopic (exact) mass is 380 g/mol. The van der Waals surface area contributed by atoms with Gasteiger partial charge in [0.05, 0.1) is 40.1 Å². The van der Waals surface area contributed by atoms with Crippen LogP contribution in [0.1, 0.15) is 17.2 Å². The summed E-state index contributed by atoms with van der Waals surface area (Å²) < 4.78 is 21.0. The third-order valence-corrected chi connectivity index (χ3v) is 4.96. The molecule has 26 heavy (non-hydrogen) atoms. The average molecular weight is 380 g/mol. The molecular formula is C19H24O6S. The molecule has 0 aliphatic heterocycles. The zero-order valence-electron chi connectivity index (χ0n) is 15.3. The highest BCUT2D eigenvalue weighted by molar-refractivity contribution is 7.98. The van der Waals surface area contributed by atoms with Crippen LogP contribution < -0.4 is 18.9 Å². The standard InChI is InChI=1S/C19H24O6S/c1-22-13-8-17(24-3)19(18(9-13)25-4)15(21)11-26-10-12-5-6-16(23-2)14(20)7-12/h5-9,15,20-21H,10-11H2,1-4H3. The summed E-state index contributed by atoms with van der Waals surface area (Å²) in [5.41, 5.74) is 1.52. The third kappa shape index (κ3) is 4.68. The van der Waals surface area contributed by atoms with Gasteiger partial charge in [-0.2, -0.15) is 11.8 Å². The van der Waals surface area contributed by atoms with Gasteiger partial charge in [-0.25, -0.2) is 0 Å². The summed E-state index contributed by atoms with van der Waals surface area (Å²) in [6.07, 6.45) is -0.775. The zero-order valence-corrected chi connectivity index (χ0v) is 16.1. The van der Waals surface area contributed by atoms with Crippen LogP contribution in [-0.2, 0) is 5.75 Å². The van der Waals surface area contributed by atoms with E-state index in [2.05, 4.69) is 0 Å². The summed E-state index contributed by atoms with van der Waals surface area (Å²) in [5.74, 6) is 3.22. The van der Waals surface area contributed by atoms with Gasteiger partial charge in [0.15, 0.2) is 11.5 Å². The lowest BCUT2D eigenvalue weighted by Gasteiger charge is -2.19. The number of thioether (sulfide) groups is 1. The fourth-order valence-corrected chi connectivity index (χ4v) is 3.48. The minimum absolute atomic E-state index is 0.102. The second-order valence-corrected chi connectivity index (χ2v) is 6.51. The van der Waals surface area contributed by atoms with E-state index in [9.17, 15) is 10.2 Å². The Morgan fingerprint density at radius 1 is 0.885 bits per heavy atom. The van der Waals surface area contributed by atoms with Crippen molar-refractivity contribution in [3.8, 4) is 28.7 Å². The van der Waals surface area contributed by atoms with Crippen molar-refractivity contribution in [1.29, 1.82) is 0 Å². The largest absolute Gasteiger partial charge is 0.504 e. The highest BCUT2D eigenvalue weighted by atomic mass is 32.2. The molecule has 0 aliphatic rings. The van der Waals surface area contributed by atoms with E-state index >= 15 is 0 Å². The Bertz CT molecular complexity index is 709. The molecule has 142 valence electrons. The Morgan fingerprint density at radius 3 is 2.00 bits per heavy atom. The number of phenolic OH excluding ortho intramolecular Hbond substituents is 1. The first kappa shape index (κ1) is 20.1. The van der Waals surface area contributed by atoms with Gasteiger partial charge < -0.3 is 29.2 Å². The van der Waals surface area contributed by atoms with Gasteiger partial charge in [-0.3, -0.25) is 0 Å². The number of aliphatic hydroxyl groups is 1. The molecule has 0 amide bonds. The first-order valence-electron chi connectivity index (χ1n) is 7.95. The molecule has 0 fully saturated rings. The summed E-state index contributed by atoms with van der Waals surface area (Å²) in [5, 5.41) is 20.5. The maximum absolute atomic E-state index is 10.6. The van der Waals surface area contributed by atoms with Crippen molar-refractivity contribution >= 4 is 11.8 Å². The smallest absolute Gasteiger partial charge is 0.160 e. The van der Waals surface area contributed by atoms with Crippen LogP contribution in [0.2, 0.25) is 0 Å². The van der Waals surface area contributed by atoms with Crippen molar-refractivity contribution in [3.63, 3.8) is 0 Å². The third-order valence-electron chi connectivity index (χ3n) is 3.87. The van der Waals surface area contributed by atoms with Crippen molar-refractivity contribution in [2.24, 2.45) is 0 Å². The number of hydrogen-bond acceptors (Lipinski definition) is 7. The van der Waals surface area contributed by atoms with Gasteiger partial charge in [-0.1, -0.05) is 6.07 Å². The zero-order chi connectivity index (χ0) is 19.1. The molecule has 2 N–H and O–H groups in total. The number of phenols is 1. The molecule has 7 heteroatoms. The fourth-order valence-electron chi connectivity index (χ4n) is 2.56. The van der Waals surface area contributed by atoms with Crippen LogP contribution in [0.5, 0.6) is 28.7 Å². The molecule has 0 heterocycles. The molecule has 0 saturated heterocycles. The lowest BCUT2D eigenvalue weighted by molar-refractivity contribution is 0.193. The lowest BCUT2D eigenvalue weighted by atomic mass is 10.1. The van der Waals surface area contributed by atoms with E-state index in [-0.39, 0.29) is 5.75 Å². The van der Waals surface area contributed by atoms with Gasteiger partial charge in [-0.05, 0) is 17.7 Å². The Kier molecular flexibility index (Phi) is 7.29. The highest BCUT2D eigenvalue weighted by Crippen LogP contribution is 2.39. The van der Waals surface area contributed by atoms with E-state index in [1.165, 1.54) is 33.1 Å². The van der Waals surface area contributed by atoms with Gasteiger partial charge in [0.1, 0.15) is 17.2 Å². The van der Waals surface area contributed by atoms with Gasteiger partial charge in [0.2, 0.25) is 0 Å². The molecule has 0 radical (unpaired) electrons. The first-order valence-corrected chi connectivity index (χ1v) is 9.11. The second-order valence-electron chi connectivity index (χ2n) is 5.48. The van der Waals surface area contributed by atoms with E-state index in [1.807, 2.05) is 6.07 Å². The molecule has 2 aromatic rings. The van der Waals surface area contributed by atoms with Crippen molar-refractivity contribution in [2.75, 3.05) is 34.2 Å². The molecular weight excluding hydrogens is 356 g/mol. The van der Waals surface area contributed by atoms with Crippen LogP contribution in [0.4, 0.5) is 0 Å². The van der Waals surface area contributed by atoms with Crippen LogP contribution in [0.25, 0.3) is 0 Å². The van der Waals surface area contributed by atoms with Crippen molar-refractivity contribution in [3.05, 3.63) is 41.5 Å². The summed E-state index contributed by atoms with van der Waals surface area (Å²) in [7, 11) is 6.15. The fraction of sp³-hybridized carbons (Fsp3) is 0.368. The number of benzene rings is 2. The summed E-state index contributed by atoms with van der Waals surface area (Å²) in [6.45, 7) is 0. The van der Waals surface area contributed by atoms with Gasteiger partial charge in [0.25, 0.3) is 0 Å². The molecule has 0 aliphatic carbocycles. The SMILES string of the molecule is COc1cc(OC)c(C(O)CSCc2ccc(OC)c(O)c2)c(OC)c1. The van der Waals surface area contributed by atoms with E-state index in [4.69, 9.17) is 18.9 Å². The minimum Gasteiger partial charge on any atom is -0.504 e. The molecule has 6 nitrogen and oxygen atoms in total. The first-order chi connectivity index (χ1) is 12.5. The lowest BCUT2D eigenvalue weighted by Crippen LogP contribution is -2.06. The van der Waals surface area contributed by atoms with Gasteiger partial charge in [-0.15, -0.1) is 0 Å². The minimum atomic E-state index is -0.775. The Balaban J connectivity index is 2.08. The summed E-state index contributed by atoms with van der Waals surface area (Å²) in [4.78, 5) is 0. The van der Waals surface area contributed by atoms with E-state index in [1.54, 1.807) is 31.4 Å². The molecule has 2 aromatic carbocycles. The van der Waals surface area contributed by atoms with Crippen LogP contribution >= 0.6 is 11.8 Å². The maximum atomic E-state index is 10.6. The van der Waals surface area contributed by atoms with Crippen LogP contribution in [0.15, 0.2) is 30.3 Å².